The number of hydrogen-bond acceptors (Lipinski definition) is 4. The zero-order valence-electron chi connectivity index (χ0n) is 17.0. The van der Waals surface area contributed by atoms with Crippen LogP contribution in [0.4, 0.5) is 5.69 Å². The first kappa shape index (κ1) is 24.0. The molecule has 0 fully saturated rings. The fourth-order valence-corrected chi connectivity index (χ4v) is 2.60. The van der Waals surface area contributed by atoms with Crippen LogP contribution in [0.5, 0.6) is 11.5 Å². The number of nitrogens with one attached hydrogen (secondary N) is 2. The first-order valence-corrected chi connectivity index (χ1v) is 9.14. The molecule has 0 aliphatic heterocycles. The minimum atomic E-state index is 0. The van der Waals surface area contributed by atoms with Gasteiger partial charge in [0, 0.05) is 32.0 Å². The van der Waals surface area contributed by atoms with E-state index in [0.717, 1.165) is 11.4 Å². The Hall–Kier alpha value is -2.00. The number of guanidine groups is 1. The Balaban J connectivity index is 0.00000392. The van der Waals surface area contributed by atoms with Crippen molar-refractivity contribution in [3.05, 3.63) is 53.6 Å². The zero-order chi connectivity index (χ0) is 19.5. The molecule has 0 unspecified atom stereocenters. The van der Waals surface area contributed by atoms with E-state index >= 15 is 0 Å². The van der Waals surface area contributed by atoms with E-state index in [1.807, 2.05) is 44.2 Å². The first-order chi connectivity index (χ1) is 13.2. The molecule has 7 heteroatoms. The van der Waals surface area contributed by atoms with Crippen LogP contribution in [0.15, 0.2) is 47.5 Å². The van der Waals surface area contributed by atoms with E-state index in [1.165, 1.54) is 11.1 Å². The van der Waals surface area contributed by atoms with Gasteiger partial charge in [0.05, 0.1) is 20.3 Å². The number of aliphatic imine (C=N–C) groups is 1. The minimum absolute atomic E-state index is 0. The molecule has 0 amide bonds. The Morgan fingerprint density at radius 3 is 2.39 bits per heavy atom. The average Bonchev–Trinajstić information content (AvgIpc) is 2.71. The third-order valence-corrected chi connectivity index (χ3v) is 3.98. The number of halogens is 1. The van der Waals surface area contributed by atoms with Crippen molar-refractivity contribution in [2.45, 2.75) is 27.0 Å². The summed E-state index contributed by atoms with van der Waals surface area (Å²) in [5, 5.41) is 6.62. The van der Waals surface area contributed by atoms with Crippen molar-refractivity contribution in [3.63, 3.8) is 0 Å². The fraction of sp³-hybridized carbons (Fsp3) is 0.381. The van der Waals surface area contributed by atoms with E-state index in [4.69, 9.17) is 14.2 Å². The lowest BCUT2D eigenvalue weighted by molar-refractivity contribution is 0.133. The molecule has 0 radical (unpaired) electrons. The van der Waals surface area contributed by atoms with E-state index in [1.54, 1.807) is 14.2 Å². The molecule has 0 aromatic heterocycles. The molecule has 2 rings (SSSR count). The summed E-state index contributed by atoms with van der Waals surface area (Å²) in [4.78, 5) is 4.30. The number of benzene rings is 2. The summed E-state index contributed by atoms with van der Waals surface area (Å²) in [6.45, 7) is 6.49. The lowest BCUT2D eigenvalue weighted by atomic mass is 10.1. The summed E-state index contributed by atoms with van der Waals surface area (Å²) < 4.78 is 16.5. The van der Waals surface area contributed by atoms with E-state index in [-0.39, 0.29) is 24.0 Å². The van der Waals surface area contributed by atoms with E-state index in [0.29, 0.717) is 38.1 Å². The monoisotopic (exact) mass is 499 g/mol. The van der Waals surface area contributed by atoms with E-state index < -0.39 is 0 Å². The molecule has 0 spiro atoms. The van der Waals surface area contributed by atoms with Crippen LogP contribution in [0.2, 0.25) is 0 Å². The van der Waals surface area contributed by atoms with Crippen molar-refractivity contribution in [3.8, 4) is 11.5 Å². The molecule has 0 heterocycles. The minimum Gasteiger partial charge on any atom is -0.493 e. The fourth-order valence-electron chi connectivity index (χ4n) is 2.60. The van der Waals surface area contributed by atoms with Crippen LogP contribution in [0.3, 0.4) is 0 Å². The van der Waals surface area contributed by atoms with Crippen molar-refractivity contribution in [1.82, 2.24) is 5.32 Å². The molecular weight excluding hydrogens is 469 g/mol. The second-order valence-corrected chi connectivity index (χ2v) is 5.76. The third-order valence-electron chi connectivity index (χ3n) is 3.98. The molecule has 28 heavy (non-hydrogen) atoms. The highest BCUT2D eigenvalue weighted by atomic mass is 127. The van der Waals surface area contributed by atoms with Crippen molar-refractivity contribution in [1.29, 1.82) is 0 Å². The van der Waals surface area contributed by atoms with Gasteiger partial charge >= 0.3 is 0 Å². The van der Waals surface area contributed by atoms with Crippen molar-refractivity contribution >= 4 is 35.6 Å². The molecule has 154 valence electrons. The van der Waals surface area contributed by atoms with Crippen molar-refractivity contribution < 1.29 is 14.2 Å². The maximum absolute atomic E-state index is 5.55. The van der Waals surface area contributed by atoms with Gasteiger partial charge in [0.2, 0.25) is 0 Å². The van der Waals surface area contributed by atoms with Crippen LogP contribution in [0.1, 0.15) is 25.0 Å². The molecule has 0 aliphatic rings. The maximum atomic E-state index is 5.55. The highest BCUT2D eigenvalue weighted by Gasteiger charge is 2.08. The summed E-state index contributed by atoms with van der Waals surface area (Å²) >= 11 is 0. The lowest BCUT2D eigenvalue weighted by Crippen LogP contribution is -2.30. The number of anilines is 1. The van der Waals surface area contributed by atoms with Crippen LogP contribution in [-0.2, 0) is 17.9 Å². The summed E-state index contributed by atoms with van der Waals surface area (Å²) in [5.41, 5.74) is 3.22. The second-order valence-electron chi connectivity index (χ2n) is 5.76. The number of methoxy groups -OCH3 is 1. The molecule has 0 aliphatic carbocycles. The van der Waals surface area contributed by atoms with Gasteiger partial charge in [0.15, 0.2) is 17.5 Å². The molecular formula is C21H30IN3O3. The Morgan fingerprint density at radius 1 is 1.00 bits per heavy atom. The van der Waals surface area contributed by atoms with Crippen LogP contribution in [-0.4, -0.2) is 33.3 Å². The van der Waals surface area contributed by atoms with Gasteiger partial charge in [-0.2, -0.15) is 0 Å². The molecule has 0 bridgehead atoms. The molecule has 0 saturated carbocycles. The van der Waals surface area contributed by atoms with Gasteiger partial charge in [-0.3, -0.25) is 4.99 Å². The van der Waals surface area contributed by atoms with Gasteiger partial charge in [0.25, 0.3) is 0 Å². The smallest absolute Gasteiger partial charge is 0.195 e. The first-order valence-electron chi connectivity index (χ1n) is 9.14. The van der Waals surface area contributed by atoms with Gasteiger partial charge in [0.1, 0.15) is 0 Å². The Morgan fingerprint density at radius 2 is 1.75 bits per heavy atom. The van der Waals surface area contributed by atoms with Crippen molar-refractivity contribution in [2.24, 2.45) is 4.99 Å². The molecule has 0 atom stereocenters. The van der Waals surface area contributed by atoms with Crippen LogP contribution in [0, 0.1) is 0 Å². The molecule has 2 aromatic rings. The second kappa shape index (κ2) is 13.2. The Labute approximate surface area is 184 Å². The lowest BCUT2D eigenvalue weighted by Gasteiger charge is -2.16. The molecule has 0 saturated heterocycles. The van der Waals surface area contributed by atoms with Crippen LogP contribution >= 0.6 is 24.0 Å². The van der Waals surface area contributed by atoms with Crippen molar-refractivity contribution in [2.75, 3.05) is 32.7 Å². The summed E-state index contributed by atoms with van der Waals surface area (Å²) in [6.07, 6.45) is 0. The number of rotatable bonds is 9. The van der Waals surface area contributed by atoms with Gasteiger partial charge in [-0.1, -0.05) is 24.3 Å². The highest BCUT2D eigenvalue weighted by Crippen LogP contribution is 2.30. The van der Waals surface area contributed by atoms with Gasteiger partial charge in [-0.25, -0.2) is 0 Å². The van der Waals surface area contributed by atoms with Gasteiger partial charge < -0.3 is 24.8 Å². The number of nitrogens with zero attached hydrogens (tertiary/aromatic N) is 1. The topological polar surface area (TPSA) is 64.1 Å². The predicted molar refractivity (Wildman–Crippen MR) is 125 cm³/mol. The standard InChI is InChI=1S/C21H29N3O3.HI/c1-5-26-15-17-10-8-7-9-16(17)14-23-21(22-3)24-18-11-12-19(27-6-2)20(13-18)25-4;/h7-13H,5-6,14-15H2,1-4H3,(H2,22,23,24);1H. The van der Waals surface area contributed by atoms with Gasteiger partial charge in [-0.05, 0) is 37.1 Å². The normalized spacial score (nSPS) is 10.8. The van der Waals surface area contributed by atoms with Gasteiger partial charge in [-0.15, -0.1) is 24.0 Å². The average molecular weight is 499 g/mol. The quantitative estimate of drug-likeness (QED) is 0.304. The number of ether oxygens (including phenoxy) is 3. The Kier molecular flexibility index (Phi) is 11.4. The Bertz CT molecular complexity index is 753. The molecule has 2 aromatic carbocycles. The zero-order valence-corrected chi connectivity index (χ0v) is 19.3. The predicted octanol–water partition coefficient (Wildman–Crippen LogP) is 4.44. The molecule has 2 N–H and O–H groups in total. The third kappa shape index (κ3) is 7.20. The van der Waals surface area contributed by atoms with E-state index in [2.05, 4.69) is 27.8 Å². The van der Waals surface area contributed by atoms with Crippen LogP contribution < -0.4 is 20.1 Å². The largest absolute Gasteiger partial charge is 0.493 e. The summed E-state index contributed by atoms with van der Waals surface area (Å²) in [6, 6.07) is 13.9. The number of hydrogen-bond donors (Lipinski definition) is 2. The SMILES string of the molecule is CCOCc1ccccc1CNC(=NC)Nc1ccc(OCC)c(OC)c1.I. The van der Waals surface area contributed by atoms with E-state index in [9.17, 15) is 0 Å². The highest BCUT2D eigenvalue weighted by molar-refractivity contribution is 14.0. The molecule has 6 nitrogen and oxygen atoms in total. The van der Waals surface area contributed by atoms with Crippen LogP contribution in [0.25, 0.3) is 0 Å². The summed E-state index contributed by atoms with van der Waals surface area (Å²) in [5.74, 6) is 2.07. The summed E-state index contributed by atoms with van der Waals surface area (Å²) in [7, 11) is 3.37. The maximum Gasteiger partial charge on any atom is 0.195 e.